The van der Waals surface area contributed by atoms with Gasteiger partial charge in [-0.3, -0.25) is 4.79 Å². The summed E-state index contributed by atoms with van der Waals surface area (Å²) < 4.78 is 52.2. The molecule has 2 rings (SSSR count). The number of hydrogen-bond acceptors (Lipinski definition) is 5. The van der Waals surface area contributed by atoms with Crippen LogP contribution in [0.4, 0.5) is 4.39 Å². The molecule has 0 atom stereocenters. The largest absolute Gasteiger partial charge is 0.495 e. The average molecular weight is 439 g/mol. The number of rotatable bonds is 8. The fourth-order valence-corrected chi connectivity index (χ4v) is 4.27. The van der Waals surface area contributed by atoms with Gasteiger partial charge in [-0.05, 0) is 51.1 Å². The van der Waals surface area contributed by atoms with Crippen LogP contribution in [0.15, 0.2) is 47.4 Å². The molecule has 164 valence electrons. The number of carbonyl (C=O) groups excluding carboxylic acids is 1. The monoisotopic (exact) mass is 438 g/mol. The Balaban J connectivity index is 2.16. The number of hydrogen-bond donors (Lipinski definition) is 1. The number of methoxy groups -OCH3 is 1. The lowest BCUT2D eigenvalue weighted by atomic mass is 10.1. The molecule has 2 aromatic rings. The second-order valence-electron chi connectivity index (χ2n) is 7.73. The van der Waals surface area contributed by atoms with E-state index in [1.807, 2.05) is 0 Å². The molecule has 0 saturated heterocycles. The molecule has 0 heterocycles. The lowest BCUT2D eigenvalue weighted by Gasteiger charge is -2.22. The second-order valence-corrected chi connectivity index (χ2v) is 9.38. The number of nitrogens with zero attached hydrogens (tertiary/aromatic N) is 1. The summed E-state index contributed by atoms with van der Waals surface area (Å²) in [6.07, 6.45) is 0. The Hall–Kier alpha value is -2.65. The van der Waals surface area contributed by atoms with E-state index in [9.17, 15) is 17.6 Å². The minimum atomic E-state index is -3.91. The number of likely N-dealkylation sites (N-methyl/N-ethyl adjacent to an activating group) is 1. The van der Waals surface area contributed by atoms with Crippen LogP contribution >= 0.6 is 0 Å². The van der Waals surface area contributed by atoms with E-state index in [1.165, 1.54) is 42.3 Å². The van der Waals surface area contributed by atoms with Gasteiger partial charge < -0.3 is 14.4 Å². The molecule has 7 nitrogen and oxygen atoms in total. The van der Waals surface area contributed by atoms with Gasteiger partial charge in [0.05, 0.1) is 13.7 Å². The standard InChI is InChI=1S/C21H27FN2O5S/c1-21(2,3)23-30(26,27)19-14-15(10-11-18(19)28-5)20(25)24(4)12-13-29-17-9-7-6-8-16(17)22/h6-11,14,23H,12-13H2,1-5H3. The number of sulfonamides is 1. The van der Waals surface area contributed by atoms with Crippen molar-refractivity contribution in [3.05, 3.63) is 53.8 Å². The zero-order chi connectivity index (χ0) is 22.5. The van der Waals surface area contributed by atoms with Gasteiger partial charge in [-0.25, -0.2) is 17.5 Å². The Kier molecular flexibility index (Phi) is 7.44. The van der Waals surface area contributed by atoms with E-state index >= 15 is 0 Å². The van der Waals surface area contributed by atoms with Gasteiger partial charge in [0.25, 0.3) is 5.91 Å². The molecule has 1 amide bonds. The van der Waals surface area contributed by atoms with E-state index in [0.29, 0.717) is 0 Å². The molecule has 0 unspecified atom stereocenters. The van der Waals surface area contributed by atoms with Gasteiger partial charge >= 0.3 is 0 Å². The third kappa shape index (κ3) is 6.17. The molecule has 0 radical (unpaired) electrons. The average Bonchev–Trinajstić information content (AvgIpc) is 2.66. The number of para-hydroxylation sites is 1. The normalized spacial score (nSPS) is 11.8. The molecule has 1 N–H and O–H groups in total. The highest BCUT2D eigenvalue weighted by Crippen LogP contribution is 2.26. The molecule has 0 aliphatic heterocycles. The van der Waals surface area contributed by atoms with Gasteiger partial charge in [0, 0.05) is 18.2 Å². The molecular formula is C21H27FN2O5S. The Labute approximate surface area is 176 Å². The molecule has 0 bridgehead atoms. The van der Waals surface area contributed by atoms with Crippen molar-refractivity contribution in [3.63, 3.8) is 0 Å². The van der Waals surface area contributed by atoms with Crippen LogP contribution in [0.3, 0.4) is 0 Å². The van der Waals surface area contributed by atoms with E-state index in [0.717, 1.165) is 0 Å². The van der Waals surface area contributed by atoms with Gasteiger partial charge in [-0.15, -0.1) is 0 Å². The lowest BCUT2D eigenvalue weighted by molar-refractivity contribution is 0.0772. The van der Waals surface area contributed by atoms with Crippen molar-refractivity contribution in [2.45, 2.75) is 31.2 Å². The first-order valence-electron chi connectivity index (χ1n) is 9.29. The summed E-state index contributed by atoms with van der Waals surface area (Å²) in [6, 6.07) is 10.2. The summed E-state index contributed by atoms with van der Waals surface area (Å²) in [7, 11) is -0.998. The predicted molar refractivity (Wildman–Crippen MR) is 112 cm³/mol. The van der Waals surface area contributed by atoms with E-state index < -0.39 is 27.3 Å². The lowest BCUT2D eigenvalue weighted by Crippen LogP contribution is -2.40. The van der Waals surface area contributed by atoms with Gasteiger partial charge in [-0.2, -0.15) is 0 Å². The summed E-state index contributed by atoms with van der Waals surface area (Å²) in [5.41, 5.74) is -0.525. The van der Waals surface area contributed by atoms with E-state index in [4.69, 9.17) is 9.47 Å². The highest BCUT2D eigenvalue weighted by Gasteiger charge is 2.27. The van der Waals surface area contributed by atoms with Crippen LogP contribution in [0.2, 0.25) is 0 Å². The zero-order valence-corrected chi connectivity index (χ0v) is 18.5. The smallest absolute Gasteiger partial charge is 0.253 e. The predicted octanol–water partition coefficient (Wildman–Crippen LogP) is 3.06. The van der Waals surface area contributed by atoms with Gasteiger partial charge in [0.1, 0.15) is 17.3 Å². The number of halogens is 1. The summed E-state index contributed by atoms with van der Waals surface area (Å²) in [5, 5.41) is 0. The number of benzene rings is 2. The van der Waals surface area contributed by atoms with E-state index in [-0.39, 0.29) is 35.1 Å². The van der Waals surface area contributed by atoms with Crippen LogP contribution in [-0.4, -0.2) is 52.1 Å². The van der Waals surface area contributed by atoms with Crippen molar-refractivity contribution in [3.8, 4) is 11.5 Å². The molecule has 0 saturated carbocycles. The van der Waals surface area contributed by atoms with Crippen LogP contribution < -0.4 is 14.2 Å². The van der Waals surface area contributed by atoms with Crippen LogP contribution in [0.1, 0.15) is 31.1 Å². The molecule has 9 heteroatoms. The Bertz CT molecular complexity index is 1000. The maximum absolute atomic E-state index is 13.6. The molecule has 30 heavy (non-hydrogen) atoms. The van der Waals surface area contributed by atoms with Crippen molar-refractivity contribution in [1.82, 2.24) is 9.62 Å². The molecule has 2 aromatic carbocycles. The van der Waals surface area contributed by atoms with Crippen molar-refractivity contribution >= 4 is 15.9 Å². The quantitative estimate of drug-likeness (QED) is 0.685. The molecule has 0 fully saturated rings. The zero-order valence-electron chi connectivity index (χ0n) is 17.7. The minimum Gasteiger partial charge on any atom is -0.495 e. The van der Waals surface area contributed by atoms with Gasteiger partial charge in [-0.1, -0.05) is 12.1 Å². The fraction of sp³-hybridized carbons (Fsp3) is 0.381. The maximum atomic E-state index is 13.6. The third-order valence-electron chi connectivity index (χ3n) is 4.01. The van der Waals surface area contributed by atoms with E-state index in [2.05, 4.69) is 4.72 Å². The van der Waals surface area contributed by atoms with Gasteiger partial charge in [0.15, 0.2) is 11.6 Å². The first-order chi connectivity index (χ1) is 13.9. The minimum absolute atomic E-state index is 0.0794. The highest BCUT2D eigenvalue weighted by atomic mass is 32.2. The topological polar surface area (TPSA) is 84.9 Å². The van der Waals surface area contributed by atoms with E-state index in [1.54, 1.807) is 40.0 Å². The number of amides is 1. The van der Waals surface area contributed by atoms with Gasteiger partial charge in [0.2, 0.25) is 10.0 Å². The fourth-order valence-electron chi connectivity index (χ4n) is 2.65. The van der Waals surface area contributed by atoms with Crippen LogP contribution in [0, 0.1) is 5.82 Å². The Morgan fingerprint density at radius 2 is 1.80 bits per heavy atom. The first kappa shape index (κ1) is 23.6. The Morgan fingerprint density at radius 3 is 2.40 bits per heavy atom. The Morgan fingerprint density at radius 1 is 1.13 bits per heavy atom. The second kappa shape index (κ2) is 9.44. The third-order valence-corrected chi connectivity index (χ3v) is 5.79. The molecule has 0 aromatic heterocycles. The number of nitrogens with one attached hydrogen (secondary N) is 1. The highest BCUT2D eigenvalue weighted by molar-refractivity contribution is 7.89. The van der Waals surface area contributed by atoms with Crippen molar-refractivity contribution < 1.29 is 27.1 Å². The molecule has 0 aliphatic carbocycles. The van der Waals surface area contributed by atoms with Crippen LogP contribution in [-0.2, 0) is 10.0 Å². The summed E-state index contributed by atoms with van der Waals surface area (Å²) in [6.45, 7) is 5.41. The van der Waals surface area contributed by atoms with Crippen molar-refractivity contribution in [2.75, 3.05) is 27.3 Å². The molecule has 0 spiro atoms. The number of carbonyl (C=O) groups is 1. The van der Waals surface area contributed by atoms with Crippen molar-refractivity contribution in [2.24, 2.45) is 0 Å². The number of ether oxygens (including phenoxy) is 2. The summed E-state index contributed by atoms with van der Waals surface area (Å²) in [4.78, 5) is 14.0. The summed E-state index contributed by atoms with van der Waals surface area (Å²) in [5.74, 6) is -0.650. The molecular weight excluding hydrogens is 411 g/mol. The maximum Gasteiger partial charge on any atom is 0.253 e. The van der Waals surface area contributed by atoms with Crippen LogP contribution in [0.5, 0.6) is 11.5 Å². The SMILES string of the molecule is COc1ccc(C(=O)N(C)CCOc2ccccc2F)cc1S(=O)(=O)NC(C)(C)C. The van der Waals surface area contributed by atoms with Crippen LogP contribution in [0.25, 0.3) is 0 Å². The first-order valence-corrected chi connectivity index (χ1v) is 10.8. The van der Waals surface area contributed by atoms with Crippen molar-refractivity contribution in [1.29, 1.82) is 0 Å². The molecule has 0 aliphatic rings. The summed E-state index contributed by atoms with van der Waals surface area (Å²) >= 11 is 0.